The minimum absolute atomic E-state index is 0.0300. The Balaban J connectivity index is 1.28. The number of likely N-dealkylation sites (tertiary alicyclic amines) is 1. The lowest BCUT2D eigenvalue weighted by Crippen LogP contribution is -2.65. The van der Waals surface area contributed by atoms with E-state index in [-0.39, 0.29) is 29.7 Å². The van der Waals surface area contributed by atoms with Crippen LogP contribution in [0.4, 0.5) is 0 Å². The first-order valence-electron chi connectivity index (χ1n) is 16.2. The van der Waals surface area contributed by atoms with E-state index in [1.807, 2.05) is 6.07 Å². The zero-order valence-electron chi connectivity index (χ0n) is 26.2. The van der Waals surface area contributed by atoms with Gasteiger partial charge in [0, 0.05) is 35.7 Å². The molecule has 0 spiro atoms. The van der Waals surface area contributed by atoms with Crippen molar-refractivity contribution >= 4 is 23.2 Å². The van der Waals surface area contributed by atoms with Crippen molar-refractivity contribution in [1.29, 1.82) is 0 Å². The third-order valence-electron chi connectivity index (χ3n) is 11.4. The van der Waals surface area contributed by atoms with E-state index < -0.39 is 58.0 Å². The monoisotopic (exact) mass is 631 g/mol. The van der Waals surface area contributed by atoms with Gasteiger partial charge in [-0.2, -0.15) is 0 Å². The summed E-state index contributed by atoms with van der Waals surface area (Å²) in [5.74, 6) is -4.56. The lowest BCUT2D eigenvalue weighted by molar-refractivity contribution is -0.153. The van der Waals surface area contributed by atoms with Gasteiger partial charge in [0.2, 0.25) is 5.78 Å². The number of amides is 1. The molecule has 2 heterocycles. The second-order valence-corrected chi connectivity index (χ2v) is 14.1. The van der Waals surface area contributed by atoms with Crippen molar-refractivity contribution in [3.8, 4) is 17.1 Å². The van der Waals surface area contributed by atoms with Crippen LogP contribution in [0.25, 0.3) is 17.1 Å². The molecule has 3 fully saturated rings. The molecule has 1 aliphatic heterocycles. The van der Waals surface area contributed by atoms with Crippen LogP contribution in [0, 0.1) is 23.7 Å². The molecule has 1 amide bonds. The molecule has 11 heteroatoms. The van der Waals surface area contributed by atoms with Gasteiger partial charge in [0.25, 0.3) is 5.91 Å². The maximum absolute atomic E-state index is 14.1. The fourth-order valence-electron chi connectivity index (χ4n) is 9.21. The van der Waals surface area contributed by atoms with E-state index >= 15 is 0 Å². The molecule has 0 radical (unpaired) electrons. The number of nitrogens with two attached hydrogens (primary N) is 1. The Bertz CT molecular complexity index is 1700. The summed E-state index contributed by atoms with van der Waals surface area (Å²) in [6.45, 7) is 2.77. The van der Waals surface area contributed by atoms with Crippen molar-refractivity contribution in [3.63, 3.8) is 0 Å². The fraction of sp³-hybridized carbons (Fsp3) is 0.514. The molecule has 46 heavy (non-hydrogen) atoms. The summed E-state index contributed by atoms with van der Waals surface area (Å²) >= 11 is 0. The maximum atomic E-state index is 14.1. The Morgan fingerprint density at radius 1 is 1.09 bits per heavy atom. The highest BCUT2D eigenvalue weighted by Crippen LogP contribution is 2.54. The number of aliphatic hydroxyl groups excluding tert-OH is 2. The number of piperidine rings is 1. The topological polar surface area (TPSA) is 178 Å². The Hall–Kier alpha value is -3.93. The van der Waals surface area contributed by atoms with Gasteiger partial charge in [-0.1, -0.05) is 19.3 Å². The van der Waals surface area contributed by atoms with Crippen molar-refractivity contribution in [2.75, 3.05) is 27.2 Å². The van der Waals surface area contributed by atoms with Crippen molar-refractivity contribution in [1.82, 2.24) is 9.80 Å². The maximum Gasteiger partial charge on any atom is 0.255 e. The van der Waals surface area contributed by atoms with E-state index in [1.165, 1.54) is 43.1 Å². The summed E-state index contributed by atoms with van der Waals surface area (Å²) in [4.78, 5) is 43.7. The van der Waals surface area contributed by atoms with E-state index in [1.54, 1.807) is 26.4 Å². The van der Waals surface area contributed by atoms with Crippen LogP contribution in [-0.2, 0) is 27.3 Å². The molecule has 0 bridgehead atoms. The molecule has 6 atom stereocenters. The van der Waals surface area contributed by atoms with E-state index in [0.717, 1.165) is 24.6 Å². The van der Waals surface area contributed by atoms with E-state index in [9.17, 15) is 34.8 Å². The zero-order valence-corrected chi connectivity index (χ0v) is 26.2. The number of primary amides is 1. The standard InChI is InChI=1S/C35H41N3O8/c1-37(2)28-23-14-20-13-22-21(31-19(10-12-46-31)16-38-11-9-17-5-3-4-6-18(17)15-38)7-8-24(39)26(22)29(40)25(20)32(42)35(23,45)33(43)27(30(28)41)34(36)44/h7-8,10,12,17-18,20,23,28,39-40,43,45H,3-6,9,11,13-16H2,1-2H3,(H2,36,44)/t17?,18?,20-,23-,28-,35-/m0/s1. The number of carbonyl (C=O) groups is 3. The second kappa shape index (κ2) is 11.1. The molecule has 2 unspecified atom stereocenters. The lowest BCUT2D eigenvalue weighted by atomic mass is 9.57. The normalized spacial score (nSPS) is 31.4. The largest absolute Gasteiger partial charge is 0.508 e. The molecule has 4 aliphatic carbocycles. The number of rotatable bonds is 5. The van der Waals surface area contributed by atoms with Crippen LogP contribution in [0.15, 0.2) is 45.8 Å². The summed E-state index contributed by atoms with van der Waals surface area (Å²) in [7, 11) is 3.16. The van der Waals surface area contributed by atoms with Crippen LogP contribution in [-0.4, -0.2) is 86.5 Å². The number of phenolic OH excluding ortho intramolecular Hbond substituents is 1. The first-order valence-corrected chi connectivity index (χ1v) is 16.2. The Kier molecular flexibility index (Phi) is 7.41. The number of fused-ring (bicyclic) bond motifs is 4. The predicted octanol–water partition coefficient (Wildman–Crippen LogP) is 3.24. The van der Waals surface area contributed by atoms with Crippen LogP contribution < -0.4 is 5.73 Å². The summed E-state index contributed by atoms with van der Waals surface area (Å²) in [6, 6.07) is 4.02. The highest BCUT2D eigenvalue weighted by atomic mass is 16.3. The lowest BCUT2D eigenvalue weighted by Gasteiger charge is -2.50. The Morgan fingerprint density at radius 3 is 2.54 bits per heavy atom. The average Bonchev–Trinajstić information content (AvgIpc) is 3.46. The van der Waals surface area contributed by atoms with Gasteiger partial charge in [0.1, 0.15) is 28.6 Å². The molecule has 6 N–H and O–H groups in total. The molecule has 1 saturated heterocycles. The molecule has 2 aromatic rings. The summed E-state index contributed by atoms with van der Waals surface area (Å²) < 4.78 is 6.06. The number of carbonyl (C=O) groups excluding carboxylic acids is 3. The van der Waals surface area contributed by atoms with Gasteiger partial charge in [-0.3, -0.25) is 24.2 Å². The summed E-state index contributed by atoms with van der Waals surface area (Å²) in [5.41, 5.74) is 4.07. The zero-order chi connectivity index (χ0) is 32.7. The molecule has 244 valence electrons. The number of Topliss-reactive ketones (excluding diaryl/α,β-unsaturated/α-hetero) is 2. The quantitative estimate of drug-likeness (QED) is 0.308. The van der Waals surface area contributed by atoms with E-state index in [4.69, 9.17) is 10.2 Å². The highest BCUT2D eigenvalue weighted by molar-refractivity contribution is 6.24. The van der Waals surface area contributed by atoms with E-state index in [2.05, 4.69) is 4.90 Å². The van der Waals surface area contributed by atoms with Gasteiger partial charge in [0.05, 0.1) is 17.9 Å². The molecule has 11 nitrogen and oxygen atoms in total. The minimum atomic E-state index is -2.67. The number of hydrogen-bond donors (Lipinski definition) is 5. The number of ketones is 2. The second-order valence-electron chi connectivity index (χ2n) is 14.1. The van der Waals surface area contributed by atoms with Crippen LogP contribution in [0.2, 0.25) is 0 Å². The SMILES string of the molecule is CN(C)[C@@H]1C(=O)C(C(N)=O)=C(O)[C@@]2(O)C(=O)C3=C(O)c4c(O)ccc(-c5occc5CN5CCC6CCCCC6C5)c4C[C@H]3C[C@@H]12. The number of furan rings is 1. The first kappa shape index (κ1) is 30.7. The van der Waals surface area contributed by atoms with Crippen LogP contribution in [0.1, 0.15) is 55.2 Å². The number of hydrogen-bond acceptors (Lipinski definition) is 10. The third kappa shape index (κ3) is 4.46. The summed E-state index contributed by atoms with van der Waals surface area (Å²) in [6.07, 6.45) is 8.28. The minimum Gasteiger partial charge on any atom is -0.508 e. The van der Waals surface area contributed by atoms with Gasteiger partial charge in [-0.15, -0.1) is 0 Å². The van der Waals surface area contributed by atoms with Crippen molar-refractivity contribution < 1.29 is 39.2 Å². The number of nitrogens with zero attached hydrogens (tertiary/aromatic N) is 2. The van der Waals surface area contributed by atoms with Gasteiger partial charge >= 0.3 is 0 Å². The van der Waals surface area contributed by atoms with Crippen molar-refractivity contribution in [2.45, 2.75) is 63.1 Å². The van der Waals surface area contributed by atoms with Crippen LogP contribution in [0.5, 0.6) is 5.75 Å². The Morgan fingerprint density at radius 2 is 1.83 bits per heavy atom. The molecule has 1 aromatic carbocycles. The Labute approximate surface area is 267 Å². The fourth-order valence-corrected chi connectivity index (χ4v) is 9.21. The first-order chi connectivity index (χ1) is 21.9. The molecule has 5 aliphatic rings. The van der Waals surface area contributed by atoms with Crippen molar-refractivity contribution in [2.24, 2.45) is 29.4 Å². The van der Waals surface area contributed by atoms with E-state index in [0.29, 0.717) is 29.3 Å². The highest BCUT2D eigenvalue weighted by Gasteiger charge is 2.64. The predicted molar refractivity (Wildman–Crippen MR) is 167 cm³/mol. The number of benzene rings is 1. The average molecular weight is 632 g/mol. The third-order valence-corrected chi connectivity index (χ3v) is 11.4. The number of aromatic hydroxyl groups is 1. The molecule has 1 aromatic heterocycles. The number of phenols is 1. The van der Waals surface area contributed by atoms with Gasteiger partial charge in [-0.05, 0) is 87.8 Å². The van der Waals surface area contributed by atoms with Crippen LogP contribution >= 0.6 is 0 Å². The molecular formula is C35H41N3O8. The molecule has 2 saturated carbocycles. The van der Waals surface area contributed by atoms with Crippen molar-refractivity contribution in [3.05, 3.63) is 58.1 Å². The smallest absolute Gasteiger partial charge is 0.255 e. The molecule has 7 rings (SSSR count). The molecular weight excluding hydrogens is 590 g/mol. The number of aliphatic hydroxyl groups is 3. The number of likely N-dealkylation sites (N-methyl/N-ethyl adjacent to an activating group) is 1. The van der Waals surface area contributed by atoms with Gasteiger partial charge in [0.15, 0.2) is 11.4 Å². The van der Waals surface area contributed by atoms with Gasteiger partial charge < -0.3 is 30.6 Å². The van der Waals surface area contributed by atoms with Gasteiger partial charge in [-0.25, -0.2) is 0 Å². The van der Waals surface area contributed by atoms with Crippen LogP contribution in [0.3, 0.4) is 0 Å². The summed E-state index contributed by atoms with van der Waals surface area (Å²) in [5, 5.41) is 45.6.